The van der Waals surface area contributed by atoms with Crippen molar-refractivity contribution in [1.29, 1.82) is 0 Å². The molecular weight excluding hydrogens is 248 g/mol. The van der Waals surface area contributed by atoms with Crippen LogP contribution in [0.2, 0.25) is 0 Å². The molecule has 0 unspecified atom stereocenters. The molecule has 9 heavy (non-hydrogen) atoms. The molecule has 0 saturated carbocycles. The van der Waals surface area contributed by atoms with E-state index in [0.717, 1.165) is 0 Å². The van der Waals surface area contributed by atoms with Crippen LogP contribution >= 0.6 is 25.1 Å². The molecule has 0 aromatic carbocycles. The van der Waals surface area contributed by atoms with Gasteiger partial charge in [0, 0.05) is 15.0 Å². The van der Waals surface area contributed by atoms with Crippen molar-refractivity contribution in [3.8, 4) is 0 Å². The van der Waals surface area contributed by atoms with Gasteiger partial charge >= 0.3 is 39.9 Å². The van der Waals surface area contributed by atoms with E-state index in [1.807, 2.05) is 0 Å². The molecule has 0 atom stereocenters. The van der Waals surface area contributed by atoms with Gasteiger partial charge in [-0.2, -0.15) is 8.42 Å². The Morgan fingerprint density at radius 3 is 1.44 bits per heavy atom. The van der Waals surface area contributed by atoms with E-state index in [1.165, 1.54) is 0 Å². The zero-order valence-electron chi connectivity index (χ0n) is 4.45. The number of hydrogen-bond acceptors (Lipinski definition) is 3. The van der Waals surface area contributed by atoms with Gasteiger partial charge in [0.2, 0.25) is 0 Å². The SMILES string of the molecule is ClBr.NS(=O)(=O)O.[Na+].[OH-]. The van der Waals surface area contributed by atoms with Crippen LogP contribution in [-0.2, 0) is 10.3 Å². The molecule has 0 rings (SSSR count). The Balaban J connectivity index is -0.0000000286. The van der Waals surface area contributed by atoms with Crippen LogP contribution in [0.1, 0.15) is 0 Å². The van der Waals surface area contributed by atoms with Crippen molar-refractivity contribution in [1.82, 2.24) is 0 Å². The molecule has 0 aromatic rings. The molecule has 0 amide bonds. The van der Waals surface area contributed by atoms with E-state index in [4.69, 9.17) is 13.0 Å². The van der Waals surface area contributed by atoms with E-state index >= 15 is 0 Å². The minimum Gasteiger partial charge on any atom is -0.870 e. The van der Waals surface area contributed by atoms with E-state index in [-0.39, 0.29) is 35.0 Å². The van der Waals surface area contributed by atoms with Crippen LogP contribution in [0.25, 0.3) is 0 Å². The van der Waals surface area contributed by atoms with Crippen molar-refractivity contribution in [3.05, 3.63) is 0 Å². The fraction of sp³-hybridized carbons (Fsp3) is 0. The zero-order chi connectivity index (χ0) is 6.50. The minimum atomic E-state index is -4.17. The van der Waals surface area contributed by atoms with Gasteiger partial charge in [-0.1, -0.05) is 0 Å². The summed E-state index contributed by atoms with van der Waals surface area (Å²) in [5, 5.41) is 3.88. The van der Waals surface area contributed by atoms with E-state index in [0.29, 0.717) is 0 Å². The summed E-state index contributed by atoms with van der Waals surface area (Å²) in [5.74, 6) is 0. The molecule has 0 heterocycles. The topological polar surface area (TPSA) is 110 Å². The third-order valence-electron chi connectivity index (χ3n) is 0. The fourth-order valence-corrected chi connectivity index (χ4v) is 0. The van der Waals surface area contributed by atoms with E-state index in [2.05, 4.69) is 30.3 Å². The Morgan fingerprint density at radius 2 is 1.44 bits per heavy atom. The number of rotatable bonds is 0. The van der Waals surface area contributed by atoms with Crippen LogP contribution in [0.3, 0.4) is 0 Å². The standard InChI is InChI=1S/BrCl.H3NO3S.Na.H2O/c1-2;1-5(2,3)4;;/h;(H3,1,2,3,4);;1H2/q;;+1;/p-1. The van der Waals surface area contributed by atoms with Gasteiger partial charge in [0.25, 0.3) is 0 Å². The van der Waals surface area contributed by atoms with Gasteiger partial charge in [0.05, 0.1) is 0 Å². The van der Waals surface area contributed by atoms with E-state index in [1.54, 1.807) is 0 Å². The molecule has 4 N–H and O–H groups in total. The van der Waals surface area contributed by atoms with Crippen LogP contribution in [0.4, 0.5) is 0 Å². The second kappa shape index (κ2) is 12.3. The number of hydrogen-bond donors (Lipinski definition) is 2. The third kappa shape index (κ3) is 217. The van der Waals surface area contributed by atoms with Crippen LogP contribution in [0, 0.1) is 0 Å². The second-order valence-corrected chi connectivity index (χ2v) is 1.54. The first-order chi connectivity index (χ1) is 3.00. The summed E-state index contributed by atoms with van der Waals surface area (Å²) in [4.78, 5) is 0. The van der Waals surface area contributed by atoms with Crippen molar-refractivity contribution >= 4 is 35.4 Å². The number of halogens is 2. The smallest absolute Gasteiger partial charge is 0.870 e. The Labute approximate surface area is 87.8 Å². The molecule has 54 valence electrons. The first-order valence-electron chi connectivity index (χ1n) is 0.894. The molecule has 0 fully saturated rings. The summed E-state index contributed by atoms with van der Waals surface area (Å²) in [6, 6.07) is 0. The van der Waals surface area contributed by atoms with Crippen molar-refractivity contribution in [2.45, 2.75) is 0 Å². The van der Waals surface area contributed by atoms with Crippen molar-refractivity contribution in [2.75, 3.05) is 0 Å². The fourth-order valence-electron chi connectivity index (χ4n) is 0. The quantitative estimate of drug-likeness (QED) is 0.356. The predicted molar refractivity (Wildman–Crippen MR) is 32.5 cm³/mol. The van der Waals surface area contributed by atoms with Gasteiger partial charge < -0.3 is 5.48 Å². The maximum atomic E-state index is 8.97. The Hall–Kier alpha value is 1.60. The van der Waals surface area contributed by atoms with Crippen LogP contribution in [-0.4, -0.2) is 18.4 Å². The van der Waals surface area contributed by atoms with Crippen LogP contribution in [0.15, 0.2) is 0 Å². The molecular formula is H4BrClNNaO4S. The monoisotopic (exact) mass is 251 g/mol. The van der Waals surface area contributed by atoms with Gasteiger partial charge in [-0.3, -0.25) is 4.55 Å². The van der Waals surface area contributed by atoms with Crippen molar-refractivity contribution in [2.24, 2.45) is 5.14 Å². The van der Waals surface area contributed by atoms with Crippen LogP contribution in [0.5, 0.6) is 0 Å². The second-order valence-electron chi connectivity index (χ2n) is 0.515. The molecule has 0 aliphatic carbocycles. The van der Waals surface area contributed by atoms with Crippen molar-refractivity contribution in [3.63, 3.8) is 0 Å². The minimum absolute atomic E-state index is 0. The molecule has 0 aliphatic rings. The first kappa shape index (κ1) is 22.4. The first-order valence-corrected chi connectivity index (χ1v) is 4.48. The average Bonchev–Trinajstić information content (AvgIpc) is 1.36. The molecule has 0 spiro atoms. The Morgan fingerprint density at radius 1 is 1.44 bits per heavy atom. The molecule has 0 radical (unpaired) electrons. The number of nitrogens with two attached hydrogens (primary N) is 1. The molecule has 0 saturated heterocycles. The average molecular weight is 252 g/mol. The van der Waals surface area contributed by atoms with E-state index in [9.17, 15) is 0 Å². The summed E-state index contributed by atoms with van der Waals surface area (Å²) >= 11 is 2.41. The summed E-state index contributed by atoms with van der Waals surface area (Å²) in [6.45, 7) is 0. The molecule has 5 nitrogen and oxygen atoms in total. The summed E-state index contributed by atoms with van der Waals surface area (Å²) in [5.41, 5.74) is 0. The van der Waals surface area contributed by atoms with Gasteiger partial charge in [-0.05, 0) is 10.1 Å². The molecule has 9 heteroatoms. The largest absolute Gasteiger partial charge is 1.00 e. The van der Waals surface area contributed by atoms with Gasteiger partial charge in [-0.15, -0.1) is 0 Å². The predicted octanol–water partition coefficient (Wildman–Crippen LogP) is -2.89. The molecule has 0 aromatic heterocycles. The third-order valence-corrected chi connectivity index (χ3v) is 0. The van der Waals surface area contributed by atoms with E-state index < -0.39 is 10.3 Å². The van der Waals surface area contributed by atoms with Gasteiger partial charge in [0.15, 0.2) is 0 Å². The van der Waals surface area contributed by atoms with Gasteiger partial charge in [0.1, 0.15) is 0 Å². The Kier molecular flexibility index (Phi) is 30.6. The molecule has 0 aliphatic heterocycles. The maximum absolute atomic E-state index is 8.97. The van der Waals surface area contributed by atoms with Crippen LogP contribution < -0.4 is 34.7 Å². The summed E-state index contributed by atoms with van der Waals surface area (Å²) in [6.07, 6.45) is 0. The summed E-state index contributed by atoms with van der Waals surface area (Å²) in [7, 11) is 0.285. The maximum Gasteiger partial charge on any atom is 1.00 e. The zero-order valence-corrected chi connectivity index (χ0v) is 9.61. The van der Waals surface area contributed by atoms with Gasteiger partial charge in [-0.25, -0.2) is 5.14 Å². The Bertz CT molecular complexity index is 104. The molecule has 0 bridgehead atoms. The summed E-state index contributed by atoms with van der Waals surface area (Å²) < 4.78 is 25.2. The van der Waals surface area contributed by atoms with Crippen molar-refractivity contribution < 1.29 is 48.0 Å². The normalized spacial score (nSPS) is 7.11.